The van der Waals surface area contributed by atoms with Crippen molar-refractivity contribution in [2.24, 2.45) is 0 Å². The molecule has 19 heavy (non-hydrogen) atoms. The van der Waals surface area contributed by atoms with Gasteiger partial charge in [-0.2, -0.15) is 11.8 Å². The molecular weight excluding hydrogens is 276 g/mol. The summed E-state index contributed by atoms with van der Waals surface area (Å²) in [6.07, 6.45) is 9.54. The maximum atomic E-state index is 4.52. The molecule has 1 heterocycles. The van der Waals surface area contributed by atoms with E-state index in [1.165, 1.54) is 25.7 Å². The van der Waals surface area contributed by atoms with Gasteiger partial charge in [0.05, 0.1) is 0 Å². The van der Waals surface area contributed by atoms with Crippen LogP contribution in [0, 0.1) is 0 Å². The lowest BCUT2D eigenvalue weighted by Gasteiger charge is -2.27. The Hall–Kier alpha value is -0.620. The largest absolute Gasteiger partial charge is 0.373 e. The number of thioether (sulfide) groups is 2. The minimum Gasteiger partial charge on any atom is -0.373 e. The third-order valence-electron chi connectivity index (χ3n) is 3.68. The Morgan fingerprint density at radius 1 is 1.21 bits per heavy atom. The maximum Gasteiger partial charge on any atom is 0.191 e. The van der Waals surface area contributed by atoms with Crippen molar-refractivity contribution in [3.05, 3.63) is 6.07 Å². The van der Waals surface area contributed by atoms with E-state index < -0.39 is 0 Å². The van der Waals surface area contributed by atoms with Crippen molar-refractivity contribution in [1.82, 2.24) is 9.97 Å². The summed E-state index contributed by atoms with van der Waals surface area (Å²) in [5.74, 6) is 1.79. The molecule has 0 bridgehead atoms. The first kappa shape index (κ1) is 14.8. The van der Waals surface area contributed by atoms with Gasteiger partial charge in [0.15, 0.2) is 5.16 Å². The zero-order valence-corrected chi connectivity index (χ0v) is 13.5. The normalized spacial score (nSPS) is 17.4. The molecule has 6 heteroatoms. The quantitative estimate of drug-likeness (QED) is 0.620. The fourth-order valence-corrected chi connectivity index (χ4v) is 3.75. The fourth-order valence-electron chi connectivity index (χ4n) is 2.46. The monoisotopic (exact) mass is 298 g/mol. The molecule has 0 saturated heterocycles. The minimum absolute atomic E-state index is 0.393. The second-order valence-corrected chi connectivity index (χ2v) is 6.87. The van der Waals surface area contributed by atoms with Crippen LogP contribution in [0.4, 0.5) is 11.6 Å². The summed E-state index contributed by atoms with van der Waals surface area (Å²) < 4.78 is 0.393. The predicted octanol–water partition coefficient (Wildman–Crippen LogP) is 3.33. The van der Waals surface area contributed by atoms with Crippen LogP contribution in [-0.2, 0) is 0 Å². The van der Waals surface area contributed by atoms with Gasteiger partial charge in [0.1, 0.15) is 11.6 Å². The summed E-state index contributed by atoms with van der Waals surface area (Å²) in [7, 11) is 1.89. The van der Waals surface area contributed by atoms with E-state index in [1.54, 1.807) is 11.8 Å². The van der Waals surface area contributed by atoms with E-state index in [0.29, 0.717) is 4.75 Å². The second kappa shape index (κ2) is 6.70. The van der Waals surface area contributed by atoms with Crippen LogP contribution in [0.2, 0.25) is 0 Å². The van der Waals surface area contributed by atoms with E-state index in [1.807, 2.05) is 31.1 Å². The zero-order chi connectivity index (χ0) is 13.7. The number of anilines is 2. The highest BCUT2D eigenvalue weighted by atomic mass is 32.2. The van der Waals surface area contributed by atoms with Gasteiger partial charge in [0.25, 0.3) is 0 Å². The molecule has 1 fully saturated rings. The first-order valence-corrected chi connectivity index (χ1v) is 9.06. The summed E-state index contributed by atoms with van der Waals surface area (Å²) >= 11 is 3.56. The summed E-state index contributed by atoms with van der Waals surface area (Å²) in [6.45, 7) is 0.988. The molecule has 2 rings (SSSR count). The van der Waals surface area contributed by atoms with Gasteiger partial charge in [0, 0.05) is 24.4 Å². The molecular formula is C13H22N4S2. The van der Waals surface area contributed by atoms with Gasteiger partial charge < -0.3 is 10.6 Å². The van der Waals surface area contributed by atoms with Crippen LogP contribution in [0.3, 0.4) is 0 Å². The van der Waals surface area contributed by atoms with Crippen LogP contribution in [0.25, 0.3) is 0 Å². The number of nitrogens with one attached hydrogen (secondary N) is 2. The summed E-state index contributed by atoms with van der Waals surface area (Å²) in [5.41, 5.74) is 0. The SMILES string of the molecule is CNc1cc(NCC2(SC)CCCC2)nc(SC)n1. The average molecular weight is 298 g/mol. The van der Waals surface area contributed by atoms with Gasteiger partial charge in [-0.3, -0.25) is 0 Å². The third-order valence-corrected chi connectivity index (χ3v) is 5.65. The lowest BCUT2D eigenvalue weighted by atomic mass is 10.1. The van der Waals surface area contributed by atoms with Gasteiger partial charge in [-0.25, -0.2) is 9.97 Å². The lowest BCUT2D eigenvalue weighted by Crippen LogP contribution is -2.30. The summed E-state index contributed by atoms with van der Waals surface area (Å²) in [4.78, 5) is 8.90. The molecule has 0 spiro atoms. The van der Waals surface area contributed by atoms with E-state index >= 15 is 0 Å². The molecule has 106 valence electrons. The molecule has 2 N–H and O–H groups in total. The Bertz CT molecular complexity index is 397. The smallest absolute Gasteiger partial charge is 0.191 e. The first-order chi connectivity index (χ1) is 9.21. The van der Waals surface area contributed by atoms with Crippen molar-refractivity contribution in [3.8, 4) is 0 Å². The molecule has 1 aliphatic carbocycles. The molecule has 1 aromatic heterocycles. The third kappa shape index (κ3) is 3.69. The number of hydrogen-bond donors (Lipinski definition) is 2. The van der Waals surface area contributed by atoms with Gasteiger partial charge >= 0.3 is 0 Å². The van der Waals surface area contributed by atoms with Crippen LogP contribution in [0.1, 0.15) is 25.7 Å². The highest BCUT2D eigenvalue weighted by Crippen LogP contribution is 2.40. The average Bonchev–Trinajstić information content (AvgIpc) is 2.94. The molecule has 1 aliphatic rings. The van der Waals surface area contributed by atoms with Gasteiger partial charge in [-0.1, -0.05) is 24.6 Å². The minimum atomic E-state index is 0.393. The van der Waals surface area contributed by atoms with Gasteiger partial charge in [-0.05, 0) is 25.4 Å². The molecule has 1 saturated carbocycles. The standard InChI is InChI=1S/C13H22N4S2/c1-14-10-8-11(17-12(16-10)18-2)15-9-13(19-3)6-4-5-7-13/h8H,4-7,9H2,1-3H3,(H2,14,15,16,17). The van der Waals surface area contributed by atoms with E-state index in [0.717, 1.165) is 23.3 Å². The number of aromatic nitrogens is 2. The predicted molar refractivity (Wildman–Crippen MR) is 86.6 cm³/mol. The first-order valence-electron chi connectivity index (χ1n) is 6.61. The summed E-state index contributed by atoms with van der Waals surface area (Å²) in [6, 6.07) is 1.97. The lowest BCUT2D eigenvalue weighted by molar-refractivity contribution is 0.638. The van der Waals surface area contributed by atoms with E-state index in [-0.39, 0.29) is 0 Å². The Morgan fingerprint density at radius 3 is 2.47 bits per heavy atom. The molecule has 0 amide bonds. The molecule has 0 unspecified atom stereocenters. The van der Waals surface area contributed by atoms with Crippen LogP contribution in [0.15, 0.2) is 11.2 Å². The maximum absolute atomic E-state index is 4.52. The van der Waals surface area contributed by atoms with Crippen molar-refractivity contribution >= 4 is 35.2 Å². The second-order valence-electron chi connectivity index (χ2n) is 4.82. The highest BCUT2D eigenvalue weighted by Gasteiger charge is 2.32. The topological polar surface area (TPSA) is 49.8 Å². The van der Waals surface area contributed by atoms with E-state index in [4.69, 9.17) is 0 Å². The fraction of sp³-hybridized carbons (Fsp3) is 0.692. The number of hydrogen-bond acceptors (Lipinski definition) is 6. The van der Waals surface area contributed by atoms with Crippen molar-refractivity contribution in [1.29, 1.82) is 0 Å². The Labute approximate surface area is 123 Å². The molecule has 0 aliphatic heterocycles. The van der Waals surface area contributed by atoms with Crippen LogP contribution >= 0.6 is 23.5 Å². The highest BCUT2D eigenvalue weighted by molar-refractivity contribution is 8.00. The van der Waals surface area contributed by atoms with Gasteiger partial charge in [0.2, 0.25) is 0 Å². The van der Waals surface area contributed by atoms with E-state index in [2.05, 4.69) is 26.9 Å². The van der Waals surface area contributed by atoms with E-state index in [9.17, 15) is 0 Å². The number of rotatable bonds is 6. The molecule has 1 aromatic rings. The Morgan fingerprint density at radius 2 is 1.89 bits per heavy atom. The van der Waals surface area contributed by atoms with Crippen molar-refractivity contribution in [2.75, 3.05) is 36.7 Å². The Balaban J connectivity index is 2.06. The van der Waals surface area contributed by atoms with Crippen LogP contribution < -0.4 is 10.6 Å². The zero-order valence-electron chi connectivity index (χ0n) is 11.8. The molecule has 0 radical (unpaired) electrons. The van der Waals surface area contributed by atoms with Gasteiger partial charge in [-0.15, -0.1) is 0 Å². The molecule has 0 aromatic carbocycles. The van der Waals surface area contributed by atoms with Crippen molar-refractivity contribution in [2.45, 2.75) is 35.6 Å². The van der Waals surface area contributed by atoms with Crippen molar-refractivity contribution < 1.29 is 0 Å². The summed E-state index contributed by atoms with van der Waals surface area (Å²) in [5, 5.41) is 7.39. The number of nitrogens with zero attached hydrogens (tertiary/aromatic N) is 2. The Kier molecular flexibility index (Phi) is 5.21. The molecule has 0 atom stereocenters. The van der Waals surface area contributed by atoms with Crippen LogP contribution in [0.5, 0.6) is 0 Å². The van der Waals surface area contributed by atoms with Crippen molar-refractivity contribution in [3.63, 3.8) is 0 Å². The van der Waals surface area contributed by atoms with Crippen LogP contribution in [-0.4, -0.2) is 40.8 Å². The molecule has 4 nitrogen and oxygen atoms in total.